The summed E-state index contributed by atoms with van der Waals surface area (Å²) in [5, 5.41) is 0. The van der Waals surface area contributed by atoms with Gasteiger partial charge in [-0.2, -0.15) is 13.2 Å². The molecule has 23 heavy (non-hydrogen) atoms. The Balaban J connectivity index is 2.25. The van der Waals surface area contributed by atoms with Gasteiger partial charge in [0, 0.05) is 5.92 Å². The largest absolute Gasteiger partial charge is 0.459 e. The van der Waals surface area contributed by atoms with Gasteiger partial charge in [-0.1, -0.05) is 12.1 Å². The fourth-order valence-corrected chi connectivity index (χ4v) is 2.70. The van der Waals surface area contributed by atoms with Crippen LogP contribution in [-0.2, 0) is 20.5 Å². The molecule has 1 aliphatic rings. The van der Waals surface area contributed by atoms with Crippen molar-refractivity contribution in [1.82, 2.24) is 0 Å². The van der Waals surface area contributed by atoms with Crippen LogP contribution in [0.4, 0.5) is 13.2 Å². The first-order chi connectivity index (χ1) is 10.4. The van der Waals surface area contributed by atoms with Crippen molar-refractivity contribution < 1.29 is 27.5 Å². The van der Waals surface area contributed by atoms with Crippen LogP contribution in [0.15, 0.2) is 24.3 Å². The summed E-state index contributed by atoms with van der Waals surface area (Å²) in [4.78, 5) is 24.4. The predicted octanol–water partition coefficient (Wildman–Crippen LogP) is 4.11. The Bertz CT molecular complexity index is 626. The van der Waals surface area contributed by atoms with Crippen LogP contribution in [0.3, 0.4) is 0 Å². The molecule has 6 heteroatoms. The second-order valence-electron chi connectivity index (χ2n) is 6.91. The second kappa shape index (κ2) is 5.35. The fraction of sp³-hybridized carbons (Fsp3) is 0.529. The van der Waals surface area contributed by atoms with Gasteiger partial charge >= 0.3 is 12.1 Å². The molecule has 0 N–H and O–H groups in total. The molecule has 0 radical (unpaired) electrons. The third kappa shape index (κ3) is 3.41. The average molecular weight is 328 g/mol. The van der Waals surface area contributed by atoms with Gasteiger partial charge in [0.2, 0.25) is 0 Å². The molecule has 0 spiro atoms. The number of ketones is 1. The van der Waals surface area contributed by atoms with Gasteiger partial charge in [0.05, 0.1) is 5.56 Å². The van der Waals surface area contributed by atoms with Crippen molar-refractivity contribution in [1.29, 1.82) is 0 Å². The van der Waals surface area contributed by atoms with E-state index in [1.807, 2.05) is 0 Å². The smallest absolute Gasteiger partial charge is 0.416 e. The Labute approximate surface area is 132 Å². The zero-order chi connectivity index (χ0) is 17.6. The molecule has 1 aromatic carbocycles. The van der Waals surface area contributed by atoms with Crippen molar-refractivity contribution in [3.8, 4) is 0 Å². The summed E-state index contributed by atoms with van der Waals surface area (Å²) in [5.41, 5.74) is -2.22. The standard InChI is InChI=1S/C17H19F3O3/c1-10(21)16(14(22)23-15(2,3)4)9-13(16)11-5-7-12(8-6-11)17(18,19)20/h5-8,13H,9H2,1-4H3/t13-,16-/m0/s1. The van der Waals surface area contributed by atoms with E-state index in [0.717, 1.165) is 12.1 Å². The number of carbonyl (C=O) groups is 2. The van der Waals surface area contributed by atoms with Crippen LogP contribution in [0.25, 0.3) is 0 Å². The lowest BCUT2D eigenvalue weighted by molar-refractivity contribution is -0.164. The molecule has 0 unspecified atom stereocenters. The van der Waals surface area contributed by atoms with Gasteiger partial charge < -0.3 is 4.74 Å². The molecule has 0 amide bonds. The predicted molar refractivity (Wildman–Crippen MR) is 77.8 cm³/mol. The van der Waals surface area contributed by atoms with Crippen LogP contribution >= 0.6 is 0 Å². The average Bonchev–Trinajstić information content (AvgIpc) is 3.12. The number of hydrogen-bond acceptors (Lipinski definition) is 3. The Morgan fingerprint density at radius 3 is 2.04 bits per heavy atom. The maximum atomic E-state index is 12.6. The Morgan fingerprint density at radius 2 is 1.65 bits per heavy atom. The third-order valence-corrected chi connectivity index (χ3v) is 3.99. The minimum absolute atomic E-state index is 0.266. The second-order valence-corrected chi connectivity index (χ2v) is 6.91. The highest BCUT2D eigenvalue weighted by Gasteiger charge is 2.65. The first kappa shape index (κ1) is 17.5. The maximum absolute atomic E-state index is 12.6. The zero-order valence-corrected chi connectivity index (χ0v) is 13.5. The topological polar surface area (TPSA) is 43.4 Å². The number of esters is 1. The van der Waals surface area contributed by atoms with Crippen LogP contribution in [-0.4, -0.2) is 17.4 Å². The minimum atomic E-state index is -4.41. The van der Waals surface area contributed by atoms with Crippen molar-refractivity contribution in [2.45, 2.75) is 51.8 Å². The van der Waals surface area contributed by atoms with E-state index in [0.29, 0.717) is 5.56 Å². The lowest BCUT2D eigenvalue weighted by Gasteiger charge is -2.23. The molecule has 1 aliphatic carbocycles. The molecule has 126 valence electrons. The Hall–Kier alpha value is -1.85. The van der Waals surface area contributed by atoms with Crippen LogP contribution in [0.2, 0.25) is 0 Å². The molecule has 3 nitrogen and oxygen atoms in total. The summed E-state index contributed by atoms with van der Waals surface area (Å²) in [6, 6.07) is 4.58. The first-order valence-corrected chi connectivity index (χ1v) is 7.29. The fourth-order valence-electron chi connectivity index (χ4n) is 2.70. The summed E-state index contributed by atoms with van der Waals surface area (Å²) in [6.07, 6.45) is -4.15. The van der Waals surface area contributed by atoms with Crippen LogP contribution < -0.4 is 0 Å². The highest BCUT2D eigenvalue weighted by Crippen LogP contribution is 2.61. The molecule has 0 saturated heterocycles. The van der Waals surface area contributed by atoms with E-state index < -0.39 is 34.6 Å². The van der Waals surface area contributed by atoms with Crippen molar-refractivity contribution in [3.63, 3.8) is 0 Å². The number of hydrogen-bond donors (Lipinski definition) is 0. The van der Waals surface area contributed by atoms with Crippen molar-refractivity contribution in [3.05, 3.63) is 35.4 Å². The molecule has 1 aromatic rings. The molecule has 0 aliphatic heterocycles. The van der Waals surface area contributed by atoms with Gasteiger partial charge in [0.15, 0.2) is 0 Å². The molecule has 0 bridgehead atoms. The van der Waals surface area contributed by atoms with E-state index in [-0.39, 0.29) is 12.2 Å². The van der Waals surface area contributed by atoms with Crippen molar-refractivity contribution in [2.24, 2.45) is 5.41 Å². The van der Waals surface area contributed by atoms with Crippen molar-refractivity contribution >= 4 is 11.8 Å². The molecular weight excluding hydrogens is 309 g/mol. The van der Waals surface area contributed by atoms with Crippen LogP contribution in [0.5, 0.6) is 0 Å². The zero-order valence-electron chi connectivity index (χ0n) is 13.5. The van der Waals surface area contributed by atoms with Gasteiger partial charge in [-0.15, -0.1) is 0 Å². The Morgan fingerprint density at radius 1 is 1.13 bits per heavy atom. The number of rotatable bonds is 3. The maximum Gasteiger partial charge on any atom is 0.416 e. The number of alkyl halides is 3. The molecule has 1 saturated carbocycles. The quantitative estimate of drug-likeness (QED) is 0.619. The van der Waals surface area contributed by atoms with Gasteiger partial charge in [0.1, 0.15) is 16.8 Å². The van der Waals surface area contributed by atoms with Crippen molar-refractivity contribution in [2.75, 3.05) is 0 Å². The molecule has 2 atom stereocenters. The van der Waals surface area contributed by atoms with E-state index in [2.05, 4.69) is 0 Å². The van der Waals surface area contributed by atoms with Crippen LogP contribution in [0, 0.1) is 5.41 Å². The van der Waals surface area contributed by atoms with E-state index >= 15 is 0 Å². The SMILES string of the molecule is CC(=O)[C@@]1(C(=O)OC(C)(C)C)C[C@H]1c1ccc(C(F)(F)F)cc1. The van der Waals surface area contributed by atoms with Gasteiger partial charge in [-0.3, -0.25) is 9.59 Å². The van der Waals surface area contributed by atoms with E-state index in [4.69, 9.17) is 4.74 Å². The molecule has 0 heterocycles. The highest BCUT2D eigenvalue weighted by atomic mass is 19.4. The lowest BCUT2D eigenvalue weighted by Crippen LogP contribution is -2.34. The molecular formula is C17H19F3O3. The third-order valence-electron chi connectivity index (χ3n) is 3.99. The normalized spacial score (nSPS) is 24.2. The van der Waals surface area contributed by atoms with E-state index in [1.165, 1.54) is 19.1 Å². The number of ether oxygens (including phenoxy) is 1. The number of carbonyl (C=O) groups excluding carboxylic acids is 2. The monoisotopic (exact) mass is 328 g/mol. The van der Waals surface area contributed by atoms with Gasteiger partial charge in [-0.25, -0.2) is 0 Å². The Kier molecular flexibility index (Phi) is 4.07. The summed E-state index contributed by atoms with van der Waals surface area (Å²) in [6.45, 7) is 6.42. The highest BCUT2D eigenvalue weighted by molar-refractivity contribution is 6.07. The first-order valence-electron chi connectivity index (χ1n) is 7.29. The van der Waals surface area contributed by atoms with E-state index in [1.54, 1.807) is 20.8 Å². The molecule has 0 aromatic heterocycles. The summed E-state index contributed by atoms with van der Waals surface area (Å²) in [5.74, 6) is -1.36. The summed E-state index contributed by atoms with van der Waals surface area (Å²) >= 11 is 0. The molecule has 2 rings (SSSR count). The number of benzene rings is 1. The lowest BCUT2D eigenvalue weighted by atomic mass is 9.94. The number of Topliss-reactive ketones (excluding diaryl/α,β-unsaturated/α-hetero) is 1. The summed E-state index contributed by atoms with van der Waals surface area (Å²) in [7, 11) is 0. The van der Waals surface area contributed by atoms with E-state index in [9.17, 15) is 22.8 Å². The summed E-state index contributed by atoms with van der Waals surface area (Å²) < 4.78 is 43.1. The van der Waals surface area contributed by atoms with Gasteiger partial charge in [0.25, 0.3) is 0 Å². The number of halogens is 3. The minimum Gasteiger partial charge on any atom is -0.459 e. The molecule has 1 fully saturated rings. The van der Waals surface area contributed by atoms with Gasteiger partial charge in [-0.05, 0) is 51.8 Å². The van der Waals surface area contributed by atoms with Crippen LogP contribution in [0.1, 0.15) is 51.2 Å².